The van der Waals surface area contributed by atoms with Crippen molar-refractivity contribution >= 4 is 13.7 Å². The van der Waals surface area contributed by atoms with Crippen molar-refractivity contribution in [1.82, 2.24) is 5.32 Å². The number of phosphoric acid groups is 1. The van der Waals surface area contributed by atoms with Crippen molar-refractivity contribution in [2.24, 2.45) is 0 Å². The molecule has 0 aliphatic rings. The number of hydrogen-bond acceptors (Lipinski definition) is 6. The SMILES string of the molecule is CCCCCCCCCCCCCCCCCCCCC/C=C/C(O)C(COP(=O)([O-])OCC[N+](C)(C)C)NC(=O)CCCCCCCCCCCCCCCCCC. The first-order valence-electron chi connectivity index (χ1n) is 25.6. The third kappa shape index (κ3) is 45.1. The van der Waals surface area contributed by atoms with Crippen LogP contribution in [0.25, 0.3) is 0 Å². The number of unbranched alkanes of at least 4 members (excludes halogenated alkanes) is 34. The molecule has 2 N–H and O–H groups in total. The van der Waals surface area contributed by atoms with Gasteiger partial charge in [-0.3, -0.25) is 9.36 Å². The van der Waals surface area contributed by atoms with Crippen molar-refractivity contribution in [3.63, 3.8) is 0 Å². The highest BCUT2D eigenvalue weighted by Crippen LogP contribution is 2.38. The molecule has 0 aliphatic carbocycles. The van der Waals surface area contributed by atoms with Crippen molar-refractivity contribution in [3.8, 4) is 0 Å². The van der Waals surface area contributed by atoms with Crippen LogP contribution >= 0.6 is 7.82 Å². The average molecular weight is 857 g/mol. The lowest BCUT2D eigenvalue weighted by atomic mass is 10.0. The van der Waals surface area contributed by atoms with E-state index in [0.29, 0.717) is 17.4 Å². The van der Waals surface area contributed by atoms with Crippen molar-refractivity contribution < 1.29 is 32.9 Å². The first-order chi connectivity index (χ1) is 28.5. The molecule has 0 heterocycles. The lowest BCUT2D eigenvalue weighted by Crippen LogP contribution is -2.45. The van der Waals surface area contributed by atoms with Gasteiger partial charge in [0, 0.05) is 6.42 Å². The van der Waals surface area contributed by atoms with Crippen molar-refractivity contribution in [1.29, 1.82) is 0 Å². The number of allylic oxidation sites excluding steroid dienone is 1. The summed E-state index contributed by atoms with van der Waals surface area (Å²) in [6.45, 7) is 4.68. The number of nitrogens with zero attached hydrogens (tertiary/aromatic N) is 1. The number of quaternary nitrogens is 1. The van der Waals surface area contributed by atoms with Crippen LogP contribution in [0.5, 0.6) is 0 Å². The molecular formula is C50H101N2O6P. The molecule has 0 saturated heterocycles. The Hall–Kier alpha value is -0.760. The van der Waals surface area contributed by atoms with Crippen LogP contribution in [0.4, 0.5) is 0 Å². The minimum absolute atomic E-state index is 0.00243. The van der Waals surface area contributed by atoms with Gasteiger partial charge in [0.2, 0.25) is 5.91 Å². The fraction of sp³-hybridized carbons (Fsp3) is 0.940. The van der Waals surface area contributed by atoms with Crippen molar-refractivity contribution in [3.05, 3.63) is 12.2 Å². The lowest BCUT2D eigenvalue weighted by molar-refractivity contribution is -0.870. The smallest absolute Gasteiger partial charge is 0.268 e. The van der Waals surface area contributed by atoms with Crippen LogP contribution in [0.3, 0.4) is 0 Å². The normalized spacial score (nSPS) is 14.2. The molecule has 352 valence electrons. The topological polar surface area (TPSA) is 108 Å². The minimum Gasteiger partial charge on any atom is -0.756 e. The number of amides is 1. The summed E-state index contributed by atoms with van der Waals surface area (Å²) in [6, 6.07) is -0.880. The number of likely N-dealkylation sites (N-methyl/N-ethyl adjacent to an activating group) is 1. The summed E-state index contributed by atoms with van der Waals surface area (Å²) in [5.41, 5.74) is 0. The molecule has 0 fully saturated rings. The number of hydrogen-bond donors (Lipinski definition) is 2. The van der Waals surface area contributed by atoms with Gasteiger partial charge >= 0.3 is 0 Å². The van der Waals surface area contributed by atoms with Crippen LogP contribution in [0.2, 0.25) is 0 Å². The van der Waals surface area contributed by atoms with E-state index in [1.807, 2.05) is 27.2 Å². The Bertz CT molecular complexity index is 974. The Labute approximate surface area is 367 Å². The van der Waals surface area contributed by atoms with Crippen LogP contribution in [0, 0.1) is 0 Å². The van der Waals surface area contributed by atoms with E-state index in [-0.39, 0.29) is 19.1 Å². The molecule has 0 rings (SSSR count). The Morgan fingerprint density at radius 3 is 1.27 bits per heavy atom. The van der Waals surface area contributed by atoms with Crippen LogP contribution < -0.4 is 10.2 Å². The first kappa shape index (κ1) is 58.2. The summed E-state index contributed by atoms with van der Waals surface area (Å²) in [5, 5.41) is 13.8. The van der Waals surface area contributed by atoms with E-state index in [9.17, 15) is 19.4 Å². The second-order valence-electron chi connectivity index (χ2n) is 18.9. The number of aliphatic hydroxyl groups excluding tert-OH is 1. The Morgan fingerprint density at radius 1 is 0.576 bits per heavy atom. The summed E-state index contributed by atoms with van der Waals surface area (Å²) in [5.74, 6) is -0.193. The molecular weight excluding hydrogens is 756 g/mol. The van der Waals surface area contributed by atoms with Gasteiger partial charge in [-0.15, -0.1) is 0 Å². The molecule has 0 aliphatic heterocycles. The fourth-order valence-electron chi connectivity index (χ4n) is 7.68. The summed E-state index contributed by atoms with van der Waals surface area (Å²) < 4.78 is 23.3. The number of carbonyl (C=O) groups excluding carboxylic acids is 1. The Kier molecular flexibility index (Phi) is 42.0. The zero-order chi connectivity index (χ0) is 43.6. The highest BCUT2D eigenvalue weighted by Gasteiger charge is 2.23. The largest absolute Gasteiger partial charge is 0.756 e. The van der Waals surface area contributed by atoms with Gasteiger partial charge in [0.15, 0.2) is 0 Å². The predicted octanol–water partition coefficient (Wildman–Crippen LogP) is 14.1. The van der Waals surface area contributed by atoms with Gasteiger partial charge in [-0.05, 0) is 19.3 Å². The zero-order valence-corrected chi connectivity index (χ0v) is 40.9. The number of nitrogens with one attached hydrogen (secondary N) is 1. The van der Waals surface area contributed by atoms with E-state index in [1.54, 1.807) is 6.08 Å². The van der Waals surface area contributed by atoms with Crippen LogP contribution in [0.1, 0.15) is 251 Å². The Balaban J connectivity index is 4.28. The fourth-order valence-corrected chi connectivity index (χ4v) is 8.41. The van der Waals surface area contributed by atoms with E-state index < -0.39 is 20.0 Å². The number of rotatable bonds is 47. The minimum atomic E-state index is -4.59. The van der Waals surface area contributed by atoms with Crippen molar-refractivity contribution in [2.75, 3.05) is 40.9 Å². The van der Waals surface area contributed by atoms with Crippen molar-refractivity contribution in [2.45, 2.75) is 264 Å². The molecule has 0 aromatic heterocycles. The van der Waals surface area contributed by atoms with E-state index in [4.69, 9.17) is 9.05 Å². The summed E-state index contributed by atoms with van der Waals surface area (Å²) in [7, 11) is 1.27. The maximum Gasteiger partial charge on any atom is 0.268 e. The third-order valence-corrected chi connectivity index (χ3v) is 12.7. The maximum atomic E-state index is 12.9. The van der Waals surface area contributed by atoms with Gasteiger partial charge < -0.3 is 28.8 Å². The van der Waals surface area contributed by atoms with E-state index in [1.165, 1.54) is 193 Å². The summed E-state index contributed by atoms with van der Waals surface area (Å²) in [4.78, 5) is 25.4. The monoisotopic (exact) mass is 857 g/mol. The summed E-state index contributed by atoms with van der Waals surface area (Å²) >= 11 is 0. The molecule has 8 nitrogen and oxygen atoms in total. The second kappa shape index (κ2) is 42.5. The molecule has 3 atom stereocenters. The van der Waals surface area contributed by atoms with Gasteiger partial charge in [-0.2, -0.15) is 0 Å². The first-order valence-corrected chi connectivity index (χ1v) is 27.0. The standard InChI is InChI=1S/C50H101N2O6P/c1-6-8-10-12-14-16-18-20-22-24-25-26-27-28-29-31-33-35-37-39-41-43-49(53)48(47-58-59(55,56)57-46-45-52(3,4)5)51-50(54)44-42-40-38-36-34-32-30-23-21-19-17-15-13-11-9-7-2/h41,43,48-49,53H,6-40,42,44-47H2,1-5H3,(H-,51,54,55,56)/b43-41+. The molecule has 0 aromatic carbocycles. The van der Waals surface area contributed by atoms with Gasteiger partial charge in [0.25, 0.3) is 7.82 Å². The van der Waals surface area contributed by atoms with E-state index >= 15 is 0 Å². The number of aliphatic hydroxyl groups is 1. The molecule has 0 aromatic rings. The molecule has 0 radical (unpaired) electrons. The molecule has 0 bridgehead atoms. The highest BCUT2D eigenvalue weighted by molar-refractivity contribution is 7.45. The van der Waals surface area contributed by atoms with Crippen LogP contribution in [-0.4, -0.2) is 68.5 Å². The molecule has 59 heavy (non-hydrogen) atoms. The van der Waals surface area contributed by atoms with Crippen LogP contribution in [0.15, 0.2) is 12.2 Å². The highest BCUT2D eigenvalue weighted by atomic mass is 31.2. The Morgan fingerprint density at radius 2 is 0.915 bits per heavy atom. The molecule has 1 amide bonds. The van der Waals surface area contributed by atoms with Crippen LogP contribution in [-0.2, 0) is 18.4 Å². The average Bonchev–Trinajstić information content (AvgIpc) is 3.19. The molecule has 0 saturated carbocycles. The maximum absolute atomic E-state index is 12.9. The number of carbonyl (C=O) groups is 1. The van der Waals surface area contributed by atoms with Gasteiger partial charge in [-0.25, -0.2) is 0 Å². The number of phosphoric ester groups is 1. The zero-order valence-electron chi connectivity index (χ0n) is 40.0. The quantitative estimate of drug-likeness (QED) is 0.0273. The lowest BCUT2D eigenvalue weighted by Gasteiger charge is -2.29. The molecule has 9 heteroatoms. The van der Waals surface area contributed by atoms with E-state index in [0.717, 1.165) is 38.5 Å². The summed E-state index contributed by atoms with van der Waals surface area (Å²) in [6.07, 6.45) is 49.7. The van der Waals surface area contributed by atoms with Gasteiger partial charge in [-0.1, -0.05) is 238 Å². The molecule has 3 unspecified atom stereocenters. The predicted molar refractivity (Wildman–Crippen MR) is 252 cm³/mol. The second-order valence-corrected chi connectivity index (χ2v) is 20.3. The third-order valence-electron chi connectivity index (χ3n) is 11.7. The molecule has 0 spiro atoms. The van der Waals surface area contributed by atoms with E-state index in [2.05, 4.69) is 19.2 Å². The van der Waals surface area contributed by atoms with Gasteiger partial charge in [0.05, 0.1) is 39.9 Å². The van der Waals surface area contributed by atoms with Gasteiger partial charge in [0.1, 0.15) is 13.2 Å².